The lowest BCUT2D eigenvalue weighted by molar-refractivity contribution is -0.439. The van der Waals surface area contributed by atoms with Crippen molar-refractivity contribution in [3.63, 3.8) is 0 Å². The molecule has 0 amide bonds. The van der Waals surface area contributed by atoms with E-state index in [1.165, 1.54) is 6.08 Å². The summed E-state index contributed by atoms with van der Waals surface area (Å²) in [7, 11) is 3.92. The Balaban J connectivity index is 0.00000272. The van der Waals surface area contributed by atoms with E-state index in [2.05, 4.69) is 5.32 Å². The summed E-state index contributed by atoms with van der Waals surface area (Å²) in [5, 5.41) is 15.7. The van der Waals surface area contributed by atoms with Crippen LogP contribution in [0.5, 0.6) is 5.75 Å². The number of hydrogen-bond donors (Lipinski definition) is 1. The number of anilines is 1. The number of hydrogen-bond acceptors (Lipinski definition) is 7. The Labute approximate surface area is 185 Å². The second kappa shape index (κ2) is 8.20. The maximum Gasteiger partial charge on any atom is 0.289 e. The van der Waals surface area contributed by atoms with Crippen LogP contribution in [0.4, 0.5) is 5.69 Å². The van der Waals surface area contributed by atoms with Crippen molar-refractivity contribution >= 4 is 46.1 Å². The Morgan fingerprint density at radius 3 is 2.61 bits per heavy atom. The number of halogens is 1. The smallest absolute Gasteiger partial charge is 0.289 e. The molecule has 0 spiro atoms. The molecule has 8 nitrogen and oxygen atoms in total. The van der Waals surface area contributed by atoms with Crippen molar-refractivity contribution in [2.75, 3.05) is 32.5 Å². The van der Waals surface area contributed by atoms with E-state index in [1.54, 1.807) is 44.2 Å². The van der Waals surface area contributed by atoms with Crippen LogP contribution < -0.4 is 15.5 Å². The van der Waals surface area contributed by atoms with Crippen LogP contribution in [0.1, 0.15) is 19.4 Å². The van der Waals surface area contributed by atoms with Gasteiger partial charge in [0.15, 0.2) is 11.2 Å². The molecule has 0 fully saturated rings. The molecule has 1 aliphatic rings. The molecule has 0 bridgehead atoms. The highest BCUT2D eigenvalue weighted by Crippen LogP contribution is 2.42. The molecule has 4 rings (SSSR count). The van der Waals surface area contributed by atoms with Gasteiger partial charge < -0.3 is 19.4 Å². The fraction of sp³-hybridized carbons (Fsp3) is 0.318. The van der Waals surface area contributed by atoms with E-state index < -0.39 is 10.5 Å². The van der Waals surface area contributed by atoms with E-state index in [0.717, 1.165) is 6.54 Å². The molecule has 0 atom stereocenters. The number of ether oxygens (including phenoxy) is 1. The summed E-state index contributed by atoms with van der Waals surface area (Å²) in [5.74, 6) is 0.434. The van der Waals surface area contributed by atoms with Gasteiger partial charge in [0.2, 0.25) is 5.43 Å². The van der Waals surface area contributed by atoms with Crippen molar-refractivity contribution in [3.8, 4) is 5.75 Å². The molecular formula is C22H24ClN3O5. The van der Waals surface area contributed by atoms with Crippen molar-refractivity contribution in [1.29, 1.82) is 0 Å². The first-order valence-electron chi connectivity index (χ1n) is 9.66. The van der Waals surface area contributed by atoms with Crippen molar-refractivity contribution in [2.24, 2.45) is 0 Å². The Morgan fingerprint density at radius 2 is 1.94 bits per heavy atom. The number of benzene rings is 2. The summed E-state index contributed by atoms with van der Waals surface area (Å²) >= 11 is 0. The molecule has 1 N–H and O–H groups in total. The Hall–Kier alpha value is -3.10. The topological polar surface area (TPSA) is 97.9 Å². The Bertz CT molecular complexity index is 1260. The molecule has 1 aliphatic heterocycles. The molecule has 2 heterocycles. The van der Waals surface area contributed by atoms with Crippen molar-refractivity contribution in [1.82, 2.24) is 4.90 Å². The van der Waals surface area contributed by atoms with E-state index in [4.69, 9.17) is 9.15 Å². The molecule has 0 unspecified atom stereocenters. The fourth-order valence-electron chi connectivity index (χ4n) is 3.65. The average molecular weight is 446 g/mol. The summed E-state index contributed by atoms with van der Waals surface area (Å²) in [6.07, 6.45) is 1.45. The zero-order valence-electron chi connectivity index (χ0n) is 17.7. The summed E-state index contributed by atoms with van der Waals surface area (Å²) in [6.45, 7) is 4.65. The van der Waals surface area contributed by atoms with Crippen LogP contribution in [-0.2, 0) is 0 Å². The largest absolute Gasteiger partial charge is 0.476 e. The highest BCUT2D eigenvalue weighted by molar-refractivity contribution is 6.02. The van der Waals surface area contributed by atoms with E-state index in [-0.39, 0.29) is 29.1 Å². The quantitative estimate of drug-likeness (QED) is 0.358. The van der Waals surface area contributed by atoms with Crippen LogP contribution in [0.2, 0.25) is 0 Å². The molecule has 0 radical (unpaired) electrons. The van der Waals surface area contributed by atoms with Crippen molar-refractivity contribution in [2.45, 2.75) is 19.4 Å². The van der Waals surface area contributed by atoms with Gasteiger partial charge >= 0.3 is 0 Å². The van der Waals surface area contributed by atoms with Gasteiger partial charge in [0, 0.05) is 25.2 Å². The minimum Gasteiger partial charge on any atom is -0.476 e. The van der Waals surface area contributed by atoms with Gasteiger partial charge in [0.25, 0.3) is 5.70 Å². The first-order valence-corrected chi connectivity index (χ1v) is 9.66. The monoisotopic (exact) mass is 445 g/mol. The number of nitrogens with zero attached hydrogens (tertiary/aromatic N) is 2. The number of likely N-dealkylation sites (N-methyl/N-ethyl adjacent to an activating group) is 1. The zero-order chi connectivity index (χ0) is 21.6. The molecule has 3 aromatic rings. The van der Waals surface area contributed by atoms with Crippen LogP contribution in [-0.4, -0.2) is 42.6 Å². The summed E-state index contributed by atoms with van der Waals surface area (Å²) in [4.78, 5) is 26.5. The molecule has 31 heavy (non-hydrogen) atoms. The standard InChI is InChI=1S/C22H23N3O5.ClH/c1-22(2)18(25(27)28)11-14-17(30-22)12-15(23-9-10-24(3)4)19-20(26)13-7-5-6-8-16(13)29-21(14)19;/h5-8,11-12,23H,9-10H2,1-4H3;1H. The van der Waals surface area contributed by atoms with Crippen LogP contribution >= 0.6 is 12.4 Å². The zero-order valence-corrected chi connectivity index (χ0v) is 18.5. The van der Waals surface area contributed by atoms with Crippen LogP contribution in [0.3, 0.4) is 0 Å². The highest BCUT2D eigenvalue weighted by atomic mass is 35.5. The molecule has 164 valence electrons. The molecule has 2 aromatic carbocycles. The van der Waals surface area contributed by atoms with Gasteiger partial charge in [-0.05, 0) is 40.1 Å². The van der Waals surface area contributed by atoms with Gasteiger partial charge in [-0.2, -0.15) is 0 Å². The highest BCUT2D eigenvalue weighted by Gasteiger charge is 2.40. The summed E-state index contributed by atoms with van der Waals surface area (Å²) in [6, 6.07) is 8.70. The van der Waals surface area contributed by atoms with Crippen molar-refractivity contribution in [3.05, 3.63) is 61.9 Å². The number of fused-ring (bicyclic) bond motifs is 4. The lowest BCUT2D eigenvalue weighted by Gasteiger charge is -2.29. The van der Waals surface area contributed by atoms with Crippen LogP contribution in [0.15, 0.2) is 45.2 Å². The summed E-state index contributed by atoms with van der Waals surface area (Å²) in [5.41, 5.74) is 0.267. The maximum absolute atomic E-state index is 13.3. The van der Waals surface area contributed by atoms with Crippen LogP contribution in [0.25, 0.3) is 28.0 Å². The molecule has 0 aliphatic carbocycles. The lowest BCUT2D eigenvalue weighted by atomic mass is 9.96. The first kappa shape index (κ1) is 22.6. The molecule has 0 saturated carbocycles. The maximum atomic E-state index is 13.3. The van der Waals surface area contributed by atoms with Crippen molar-refractivity contribution < 1.29 is 14.1 Å². The molecule has 0 saturated heterocycles. The number of para-hydroxylation sites is 1. The van der Waals surface area contributed by atoms with Gasteiger partial charge in [0.1, 0.15) is 11.3 Å². The first-order chi connectivity index (χ1) is 14.2. The number of nitrogens with one attached hydrogen (secondary N) is 1. The van der Waals surface area contributed by atoms with Gasteiger partial charge in [-0.1, -0.05) is 12.1 Å². The van der Waals surface area contributed by atoms with Gasteiger partial charge in [0.05, 0.1) is 26.9 Å². The van der Waals surface area contributed by atoms with E-state index in [1.807, 2.05) is 19.0 Å². The molecule has 1 aromatic heterocycles. The SMILES string of the molecule is CN(C)CCNc1cc2c(c3oc4ccccc4c(=O)c13)C=C([N+](=O)[O-])C(C)(C)O2.Cl. The Kier molecular flexibility index (Phi) is 5.98. The third kappa shape index (κ3) is 3.96. The number of nitro groups is 1. The summed E-state index contributed by atoms with van der Waals surface area (Å²) < 4.78 is 12.1. The second-order valence-electron chi connectivity index (χ2n) is 8.10. The second-order valence-corrected chi connectivity index (χ2v) is 8.10. The van der Waals surface area contributed by atoms with E-state index in [9.17, 15) is 14.9 Å². The normalized spacial score (nSPS) is 14.5. The minimum absolute atomic E-state index is 0. The van der Waals surface area contributed by atoms with Gasteiger partial charge in [-0.3, -0.25) is 14.9 Å². The van der Waals surface area contributed by atoms with Gasteiger partial charge in [-0.15, -0.1) is 12.4 Å². The van der Waals surface area contributed by atoms with E-state index >= 15 is 0 Å². The Morgan fingerprint density at radius 1 is 1.23 bits per heavy atom. The molecule has 9 heteroatoms. The predicted octanol–water partition coefficient (Wildman–Crippen LogP) is 4.13. The third-order valence-electron chi connectivity index (χ3n) is 5.19. The number of rotatable bonds is 5. The average Bonchev–Trinajstić information content (AvgIpc) is 2.66. The van der Waals surface area contributed by atoms with Crippen LogP contribution in [0, 0.1) is 10.1 Å². The van der Waals surface area contributed by atoms with E-state index in [0.29, 0.717) is 39.9 Å². The lowest BCUT2D eigenvalue weighted by Crippen LogP contribution is -2.36. The fourth-order valence-corrected chi connectivity index (χ4v) is 3.65. The predicted molar refractivity (Wildman–Crippen MR) is 124 cm³/mol. The minimum atomic E-state index is -1.12. The third-order valence-corrected chi connectivity index (χ3v) is 5.19. The molecular weight excluding hydrogens is 422 g/mol. The van der Waals surface area contributed by atoms with Gasteiger partial charge in [-0.25, -0.2) is 0 Å².